The summed E-state index contributed by atoms with van der Waals surface area (Å²) >= 11 is 0. The molecule has 4 aromatic carbocycles. The van der Waals surface area contributed by atoms with E-state index in [4.69, 9.17) is 0 Å². The number of nitrogens with zero attached hydrogens (tertiary/aromatic N) is 1. The summed E-state index contributed by atoms with van der Waals surface area (Å²) in [6, 6.07) is 25.2. The molecule has 0 spiro atoms. The standard InChI is InChI=1S/C30H26FNO6S/c31-23-11-6-20(7-12-23)27(33)17-15-25-29(21-4-2-1-3-5-21)32(30(25)35)26-16-10-22(18-28(26)34)19-8-13-24(14-9-19)39(36,37)38/h1-14,16,18,25,27,29,33-34H,15,17H2,(H,36,37,38). The van der Waals surface area contributed by atoms with Gasteiger partial charge < -0.3 is 15.1 Å². The van der Waals surface area contributed by atoms with Gasteiger partial charge in [0.25, 0.3) is 10.1 Å². The molecule has 3 N–H and O–H groups in total. The van der Waals surface area contributed by atoms with Gasteiger partial charge in [-0.2, -0.15) is 8.42 Å². The lowest BCUT2D eigenvalue weighted by Gasteiger charge is -2.48. The average Bonchev–Trinajstić information content (AvgIpc) is 2.92. The Kier molecular flexibility index (Phi) is 7.22. The summed E-state index contributed by atoms with van der Waals surface area (Å²) in [5.74, 6) is -1.11. The number of aliphatic hydroxyl groups is 1. The SMILES string of the molecule is O=C1C(CCC(O)c2ccc(F)cc2)C(c2ccccc2)N1c1ccc(-c2ccc(S(=O)(=O)O)cc2)cc1O. The van der Waals surface area contributed by atoms with Crippen LogP contribution in [0, 0.1) is 11.7 Å². The molecule has 0 radical (unpaired) electrons. The van der Waals surface area contributed by atoms with E-state index < -0.39 is 22.1 Å². The van der Waals surface area contributed by atoms with Crippen molar-refractivity contribution >= 4 is 21.7 Å². The van der Waals surface area contributed by atoms with Crippen LogP contribution in [0.1, 0.15) is 36.1 Å². The average molecular weight is 548 g/mol. The zero-order valence-corrected chi connectivity index (χ0v) is 21.5. The molecule has 7 nitrogen and oxygen atoms in total. The van der Waals surface area contributed by atoms with E-state index in [2.05, 4.69) is 0 Å². The number of hydrogen-bond donors (Lipinski definition) is 3. The van der Waals surface area contributed by atoms with Crippen molar-refractivity contribution in [2.75, 3.05) is 4.90 Å². The number of aromatic hydroxyl groups is 1. The minimum Gasteiger partial charge on any atom is -0.506 e. The van der Waals surface area contributed by atoms with E-state index in [0.29, 0.717) is 35.2 Å². The highest BCUT2D eigenvalue weighted by molar-refractivity contribution is 7.85. The van der Waals surface area contributed by atoms with Crippen LogP contribution >= 0.6 is 0 Å². The van der Waals surface area contributed by atoms with Crippen LogP contribution in [0.15, 0.2) is 102 Å². The molecule has 1 heterocycles. The Bertz CT molecular complexity index is 1590. The predicted molar refractivity (Wildman–Crippen MR) is 144 cm³/mol. The Balaban J connectivity index is 1.39. The zero-order chi connectivity index (χ0) is 27.7. The molecule has 4 aromatic rings. The molecule has 0 bridgehead atoms. The maximum Gasteiger partial charge on any atom is 0.294 e. The van der Waals surface area contributed by atoms with Crippen molar-refractivity contribution in [1.82, 2.24) is 0 Å². The Hall–Kier alpha value is -4.05. The third-order valence-corrected chi connectivity index (χ3v) is 7.95. The number of amides is 1. The summed E-state index contributed by atoms with van der Waals surface area (Å²) in [7, 11) is -4.32. The van der Waals surface area contributed by atoms with Gasteiger partial charge in [0.2, 0.25) is 5.91 Å². The van der Waals surface area contributed by atoms with Gasteiger partial charge in [0.05, 0.1) is 28.6 Å². The lowest BCUT2D eigenvalue weighted by molar-refractivity contribution is -0.131. The maximum absolute atomic E-state index is 13.4. The first-order valence-corrected chi connectivity index (χ1v) is 13.8. The van der Waals surface area contributed by atoms with E-state index in [-0.39, 0.29) is 28.4 Å². The predicted octanol–water partition coefficient (Wildman–Crippen LogP) is 5.66. The van der Waals surface area contributed by atoms with Crippen LogP contribution in [-0.2, 0) is 14.9 Å². The molecule has 1 aliphatic rings. The van der Waals surface area contributed by atoms with Crippen molar-refractivity contribution < 1.29 is 32.4 Å². The molecular formula is C30H26FNO6S. The summed E-state index contributed by atoms with van der Waals surface area (Å²) in [4.78, 5) is 14.7. The number of carbonyl (C=O) groups is 1. The van der Waals surface area contributed by atoms with E-state index in [1.807, 2.05) is 30.3 Å². The van der Waals surface area contributed by atoms with E-state index in [1.54, 1.807) is 17.0 Å². The summed E-state index contributed by atoms with van der Waals surface area (Å²) in [5, 5.41) is 21.5. The second-order valence-electron chi connectivity index (χ2n) is 9.52. The van der Waals surface area contributed by atoms with Gasteiger partial charge in [-0.05, 0) is 71.5 Å². The molecule has 5 rings (SSSR count). The van der Waals surface area contributed by atoms with E-state index in [0.717, 1.165) is 5.56 Å². The fraction of sp³-hybridized carbons (Fsp3) is 0.167. The Labute approximate surface area is 225 Å². The van der Waals surface area contributed by atoms with Crippen molar-refractivity contribution in [3.05, 3.63) is 114 Å². The number of benzene rings is 4. The van der Waals surface area contributed by atoms with Crippen molar-refractivity contribution in [3.8, 4) is 16.9 Å². The summed E-state index contributed by atoms with van der Waals surface area (Å²) in [5.41, 5.74) is 3.02. The summed E-state index contributed by atoms with van der Waals surface area (Å²) in [6.07, 6.45) is -0.139. The number of phenols is 1. The number of rotatable bonds is 8. The Morgan fingerprint density at radius 1 is 0.872 bits per heavy atom. The van der Waals surface area contributed by atoms with Gasteiger partial charge >= 0.3 is 0 Å². The van der Waals surface area contributed by atoms with Gasteiger partial charge in [-0.15, -0.1) is 0 Å². The molecule has 200 valence electrons. The van der Waals surface area contributed by atoms with Crippen LogP contribution < -0.4 is 4.90 Å². The molecule has 1 amide bonds. The number of β-lactam (4-membered cyclic amide) rings is 1. The molecule has 3 unspecified atom stereocenters. The number of aliphatic hydroxyl groups excluding tert-OH is 1. The number of anilines is 1. The van der Waals surface area contributed by atoms with Crippen LogP contribution in [0.5, 0.6) is 5.75 Å². The van der Waals surface area contributed by atoms with Gasteiger partial charge in [0, 0.05) is 0 Å². The third kappa shape index (κ3) is 5.42. The first-order valence-electron chi connectivity index (χ1n) is 12.4. The quantitative estimate of drug-likeness (QED) is 0.194. The molecule has 3 atom stereocenters. The molecular weight excluding hydrogens is 521 g/mol. The molecule has 1 saturated heterocycles. The normalized spacial score (nSPS) is 18.0. The van der Waals surface area contributed by atoms with Crippen molar-refractivity contribution in [3.63, 3.8) is 0 Å². The van der Waals surface area contributed by atoms with Crippen molar-refractivity contribution in [2.45, 2.75) is 29.9 Å². The molecule has 0 aliphatic carbocycles. The lowest BCUT2D eigenvalue weighted by Crippen LogP contribution is -2.55. The molecule has 0 aromatic heterocycles. The second kappa shape index (κ2) is 10.6. The largest absolute Gasteiger partial charge is 0.506 e. The molecule has 9 heteroatoms. The second-order valence-corrected chi connectivity index (χ2v) is 10.9. The first kappa shape index (κ1) is 26.6. The number of halogens is 1. The minimum atomic E-state index is -4.32. The van der Waals surface area contributed by atoms with E-state index >= 15 is 0 Å². The van der Waals surface area contributed by atoms with E-state index in [9.17, 15) is 32.4 Å². The Morgan fingerprint density at radius 2 is 1.51 bits per heavy atom. The van der Waals surface area contributed by atoms with Crippen LogP contribution in [-0.4, -0.2) is 29.1 Å². The number of carbonyl (C=O) groups excluding carboxylic acids is 1. The van der Waals surface area contributed by atoms with Crippen molar-refractivity contribution in [2.24, 2.45) is 5.92 Å². The topological polar surface area (TPSA) is 115 Å². The lowest BCUT2D eigenvalue weighted by atomic mass is 9.78. The third-order valence-electron chi connectivity index (χ3n) is 7.08. The fourth-order valence-corrected chi connectivity index (χ4v) is 5.53. The smallest absolute Gasteiger partial charge is 0.294 e. The molecule has 1 fully saturated rings. The van der Waals surface area contributed by atoms with Crippen LogP contribution in [0.25, 0.3) is 11.1 Å². The first-order chi connectivity index (χ1) is 18.6. The highest BCUT2D eigenvalue weighted by Gasteiger charge is 2.49. The fourth-order valence-electron chi connectivity index (χ4n) is 5.05. The monoisotopic (exact) mass is 547 g/mol. The van der Waals surface area contributed by atoms with Gasteiger partial charge in [-0.25, -0.2) is 4.39 Å². The highest BCUT2D eigenvalue weighted by Crippen LogP contribution is 2.49. The van der Waals surface area contributed by atoms with Gasteiger partial charge in [-0.3, -0.25) is 9.35 Å². The van der Waals surface area contributed by atoms with Crippen LogP contribution in [0.4, 0.5) is 10.1 Å². The molecule has 0 saturated carbocycles. The van der Waals surface area contributed by atoms with Gasteiger partial charge in [-0.1, -0.05) is 60.7 Å². The van der Waals surface area contributed by atoms with Crippen molar-refractivity contribution in [1.29, 1.82) is 0 Å². The summed E-state index contributed by atoms with van der Waals surface area (Å²) < 4.78 is 45.1. The zero-order valence-electron chi connectivity index (χ0n) is 20.7. The molecule has 1 aliphatic heterocycles. The van der Waals surface area contributed by atoms with Crippen LogP contribution in [0.2, 0.25) is 0 Å². The van der Waals surface area contributed by atoms with Gasteiger partial charge in [0.15, 0.2) is 0 Å². The molecule has 39 heavy (non-hydrogen) atoms. The number of hydrogen-bond acceptors (Lipinski definition) is 5. The van der Waals surface area contributed by atoms with Crippen LogP contribution in [0.3, 0.4) is 0 Å². The summed E-state index contributed by atoms with van der Waals surface area (Å²) in [6.45, 7) is 0. The minimum absolute atomic E-state index is 0.120. The highest BCUT2D eigenvalue weighted by atomic mass is 32.2. The van der Waals surface area contributed by atoms with Gasteiger partial charge in [0.1, 0.15) is 11.6 Å². The maximum atomic E-state index is 13.4. The van der Waals surface area contributed by atoms with E-state index in [1.165, 1.54) is 54.6 Å². The Morgan fingerprint density at radius 3 is 2.13 bits per heavy atom. The number of phenolic OH excluding ortho intramolecular Hbond substituents is 1.